The van der Waals surface area contributed by atoms with Gasteiger partial charge in [0, 0.05) is 6.54 Å². The highest BCUT2D eigenvalue weighted by Gasteiger charge is 2.34. The van der Waals surface area contributed by atoms with E-state index in [1.54, 1.807) is 6.07 Å². The van der Waals surface area contributed by atoms with Gasteiger partial charge in [0.15, 0.2) is 16.5 Å². The number of ether oxygens (including phenoxy) is 1. The Morgan fingerprint density at radius 2 is 2.24 bits per heavy atom. The summed E-state index contributed by atoms with van der Waals surface area (Å²) in [7, 11) is 0. The summed E-state index contributed by atoms with van der Waals surface area (Å²) in [4.78, 5) is 24.3. The van der Waals surface area contributed by atoms with Crippen molar-refractivity contribution in [1.82, 2.24) is 4.90 Å². The first-order chi connectivity index (χ1) is 8.09. The number of hydrogen-bond donors (Lipinski definition) is 1. The molecule has 1 amide bonds. The van der Waals surface area contributed by atoms with Crippen molar-refractivity contribution >= 4 is 27.8 Å². The maximum absolute atomic E-state index is 12.0. The molecule has 0 aliphatic carbocycles. The summed E-state index contributed by atoms with van der Waals surface area (Å²) < 4.78 is 10.6. The van der Waals surface area contributed by atoms with Gasteiger partial charge in [-0.2, -0.15) is 0 Å². The monoisotopic (exact) mass is 303 g/mol. The lowest BCUT2D eigenvalue weighted by Crippen LogP contribution is -2.52. The lowest BCUT2D eigenvalue weighted by molar-refractivity contribution is -0.147. The van der Waals surface area contributed by atoms with E-state index in [1.165, 1.54) is 11.0 Å². The number of halogens is 1. The van der Waals surface area contributed by atoms with Crippen LogP contribution >= 0.6 is 15.9 Å². The fraction of sp³-hybridized carbons (Fsp3) is 0.400. The fourth-order valence-electron chi connectivity index (χ4n) is 1.62. The number of rotatable bonds is 2. The van der Waals surface area contributed by atoms with Crippen LogP contribution in [-0.2, 0) is 9.53 Å². The Morgan fingerprint density at radius 1 is 1.47 bits per heavy atom. The minimum atomic E-state index is -1.08. The van der Waals surface area contributed by atoms with Gasteiger partial charge < -0.3 is 19.2 Å². The third-order valence-corrected chi connectivity index (χ3v) is 2.88. The van der Waals surface area contributed by atoms with E-state index in [0.29, 0.717) is 11.3 Å². The molecule has 2 rings (SSSR count). The van der Waals surface area contributed by atoms with Gasteiger partial charge in [-0.1, -0.05) is 0 Å². The van der Waals surface area contributed by atoms with Crippen LogP contribution in [0.1, 0.15) is 10.6 Å². The van der Waals surface area contributed by atoms with E-state index in [4.69, 9.17) is 14.3 Å². The molecule has 1 aromatic heterocycles. The second kappa shape index (κ2) is 4.89. The van der Waals surface area contributed by atoms with Gasteiger partial charge in [0.2, 0.25) is 0 Å². The first-order valence-corrected chi connectivity index (χ1v) is 5.76. The lowest BCUT2D eigenvalue weighted by Gasteiger charge is -2.32. The largest absolute Gasteiger partial charge is 0.480 e. The molecule has 0 spiro atoms. The number of hydrogen-bond acceptors (Lipinski definition) is 4. The maximum Gasteiger partial charge on any atom is 0.328 e. The number of carboxylic acids is 1. The van der Waals surface area contributed by atoms with Crippen molar-refractivity contribution in [2.75, 3.05) is 19.8 Å². The van der Waals surface area contributed by atoms with Crippen LogP contribution in [0, 0.1) is 0 Å². The van der Waals surface area contributed by atoms with Gasteiger partial charge in [-0.3, -0.25) is 4.79 Å². The van der Waals surface area contributed by atoms with Crippen LogP contribution in [0.3, 0.4) is 0 Å². The summed E-state index contributed by atoms with van der Waals surface area (Å²) in [5.41, 5.74) is 0. The molecule has 0 aromatic carbocycles. The predicted molar refractivity (Wildman–Crippen MR) is 59.7 cm³/mol. The highest BCUT2D eigenvalue weighted by Crippen LogP contribution is 2.18. The Hall–Kier alpha value is -1.34. The van der Waals surface area contributed by atoms with E-state index in [1.807, 2.05) is 0 Å². The van der Waals surface area contributed by atoms with Crippen molar-refractivity contribution in [2.24, 2.45) is 0 Å². The second-order valence-electron chi connectivity index (χ2n) is 3.53. The van der Waals surface area contributed by atoms with Gasteiger partial charge in [0.25, 0.3) is 5.91 Å². The average molecular weight is 304 g/mol. The highest BCUT2D eigenvalue weighted by molar-refractivity contribution is 9.10. The SMILES string of the molecule is O=C(O)[C@@H]1COCCN1C(=O)c1ccc(Br)o1. The number of aliphatic carboxylic acids is 1. The Kier molecular flexibility index (Phi) is 3.49. The molecule has 1 aliphatic rings. The molecule has 92 valence electrons. The molecule has 1 aliphatic heterocycles. The molecule has 1 N–H and O–H groups in total. The van der Waals surface area contributed by atoms with Crippen LogP contribution < -0.4 is 0 Å². The molecule has 0 unspecified atom stereocenters. The third kappa shape index (κ3) is 2.50. The minimum absolute atomic E-state index is 0.00293. The van der Waals surface area contributed by atoms with E-state index < -0.39 is 17.9 Å². The number of carboxylic acid groups (broad SMARTS) is 1. The molecule has 0 bridgehead atoms. The van der Waals surface area contributed by atoms with Crippen molar-refractivity contribution in [3.63, 3.8) is 0 Å². The number of nitrogens with zero attached hydrogens (tertiary/aromatic N) is 1. The van der Waals surface area contributed by atoms with Gasteiger partial charge in [0.1, 0.15) is 0 Å². The maximum atomic E-state index is 12.0. The molecular formula is C10H10BrNO5. The van der Waals surface area contributed by atoms with E-state index in [0.717, 1.165) is 0 Å². The average Bonchev–Trinajstić information content (AvgIpc) is 2.75. The van der Waals surface area contributed by atoms with E-state index in [2.05, 4.69) is 15.9 Å². The molecule has 6 nitrogen and oxygen atoms in total. The topological polar surface area (TPSA) is 80.0 Å². The highest BCUT2D eigenvalue weighted by atomic mass is 79.9. The summed E-state index contributed by atoms with van der Waals surface area (Å²) in [5, 5.41) is 9.00. The lowest BCUT2D eigenvalue weighted by atomic mass is 10.2. The number of furan rings is 1. The molecule has 7 heteroatoms. The Morgan fingerprint density at radius 3 is 2.82 bits per heavy atom. The van der Waals surface area contributed by atoms with Crippen molar-refractivity contribution in [1.29, 1.82) is 0 Å². The van der Waals surface area contributed by atoms with Crippen molar-refractivity contribution in [3.8, 4) is 0 Å². The van der Waals surface area contributed by atoms with E-state index in [-0.39, 0.29) is 18.9 Å². The molecule has 1 fully saturated rings. The molecule has 0 radical (unpaired) electrons. The first-order valence-electron chi connectivity index (χ1n) is 4.96. The standard InChI is InChI=1S/C10H10BrNO5/c11-8-2-1-7(17-8)9(13)12-3-4-16-5-6(12)10(14)15/h1-2,6H,3-5H2,(H,14,15)/t6-/m0/s1. The number of morpholine rings is 1. The van der Waals surface area contributed by atoms with E-state index in [9.17, 15) is 9.59 Å². The Balaban J connectivity index is 2.19. The summed E-state index contributed by atoms with van der Waals surface area (Å²) in [6.07, 6.45) is 0. The van der Waals surface area contributed by atoms with Crippen LogP contribution in [0.25, 0.3) is 0 Å². The zero-order chi connectivity index (χ0) is 12.4. The smallest absolute Gasteiger partial charge is 0.328 e. The van der Waals surface area contributed by atoms with Gasteiger partial charge >= 0.3 is 5.97 Å². The molecule has 2 heterocycles. The molecular weight excluding hydrogens is 294 g/mol. The van der Waals surface area contributed by atoms with Crippen LogP contribution in [-0.4, -0.2) is 47.7 Å². The summed E-state index contributed by atoms with van der Waals surface area (Å²) in [6.45, 7) is 0.578. The zero-order valence-corrected chi connectivity index (χ0v) is 10.3. The van der Waals surface area contributed by atoms with Crippen LogP contribution in [0.2, 0.25) is 0 Å². The molecule has 1 aromatic rings. The second-order valence-corrected chi connectivity index (χ2v) is 4.31. The number of amides is 1. The van der Waals surface area contributed by atoms with Gasteiger partial charge in [-0.25, -0.2) is 4.79 Å². The van der Waals surface area contributed by atoms with Crippen molar-refractivity contribution < 1.29 is 23.8 Å². The van der Waals surface area contributed by atoms with Crippen molar-refractivity contribution in [3.05, 3.63) is 22.6 Å². The number of carbonyl (C=O) groups is 2. The van der Waals surface area contributed by atoms with Gasteiger partial charge in [-0.05, 0) is 28.1 Å². The van der Waals surface area contributed by atoms with E-state index >= 15 is 0 Å². The third-order valence-electron chi connectivity index (χ3n) is 2.46. The van der Waals surface area contributed by atoms with Crippen molar-refractivity contribution in [2.45, 2.75) is 6.04 Å². The molecule has 17 heavy (non-hydrogen) atoms. The summed E-state index contributed by atoms with van der Waals surface area (Å²) >= 11 is 3.09. The van der Waals surface area contributed by atoms with Gasteiger partial charge in [-0.15, -0.1) is 0 Å². The molecule has 1 saturated heterocycles. The Bertz CT molecular complexity index is 444. The first kappa shape index (κ1) is 12.1. The summed E-state index contributed by atoms with van der Waals surface area (Å²) in [5.74, 6) is -1.40. The van der Waals surface area contributed by atoms with Crippen LogP contribution in [0.4, 0.5) is 0 Å². The Labute approximate surface area is 105 Å². The molecule has 0 saturated carbocycles. The quantitative estimate of drug-likeness (QED) is 0.880. The van der Waals surface area contributed by atoms with Gasteiger partial charge in [0.05, 0.1) is 13.2 Å². The normalized spacial score (nSPS) is 20.3. The predicted octanol–water partition coefficient (Wildman–Crippen LogP) is 0.968. The zero-order valence-electron chi connectivity index (χ0n) is 8.76. The van der Waals surface area contributed by atoms with Crippen LogP contribution in [0.15, 0.2) is 21.2 Å². The minimum Gasteiger partial charge on any atom is -0.480 e. The summed E-state index contributed by atoms with van der Waals surface area (Å²) in [6, 6.07) is 2.13. The number of carbonyl (C=O) groups excluding carboxylic acids is 1. The molecule has 1 atom stereocenters. The fourth-order valence-corrected chi connectivity index (χ4v) is 1.93. The van der Waals surface area contributed by atoms with Crippen LogP contribution in [0.5, 0.6) is 0 Å².